The quantitative estimate of drug-likeness (QED) is 0.760. The van der Waals surface area contributed by atoms with Gasteiger partial charge in [0.1, 0.15) is 5.60 Å². The molecule has 2 rings (SSSR count). The second-order valence-corrected chi connectivity index (χ2v) is 6.92. The van der Waals surface area contributed by atoms with Gasteiger partial charge in [-0.3, -0.25) is 0 Å². The van der Waals surface area contributed by atoms with Crippen molar-refractivity contribution in [3.8, 4) is 0 Å². The summed E-state index contributed by atoms with van der Waals surface area (Å²) < 4.78 is 4.58. The standard InChI is InChI=1S/C13H19N3O.C5H11NO2/c1-11-3-2-4-12(9-11)10-15-13(17)16-7-5-14-6-8-16;1-5(2,3)8-4(6)7/h2-4,9,14H,5-8,10H2,1H3,(H,15,17);1-3H3,(H2,6,7). The molecule has 1 heterocycles. The molecule has 1 fully saturated rings. The summed E-state index contributed by atoms with van der Waals surface area (Å²) in [5.41, 5.74) is 6.63. The van der Waals surface area contributed by atoms with E-state index in [0.717, 1.165) is 31.7 Å². The van der Waals surface area contributed by atoms with E-state index in [9.17, 15) is 9.59 Å². The number of urea groups is 1. The van der Waals surface area contributed by atoms with E-state index in [2.05, 4.69) is 34.4 Å². The van der Waals surface area contributed by atoms with Gasteiger partial charge >= 0.3 is 12.1 Å². The number of piperazine rings is 1. The number of benzene rings is 1. The first-order valence-electron chi connectivity index (χ1n) is 8.45. The minimum Gasteiger partial charge on any atom is -0.444 e. The first kappa shape index (κ1) is 20.8. The Bertz CT molecular complexity index is 564. The van der Waals surface area contributed by atoms with Crippen molar-refractivity contribution in [1.82, 2.24) is 15.5 Å². The molecule has 7 heteroatoms. The number of hydrogen-bond donors (Lipinski definition) is 3. The Kier molecular flexibility index (Phi) is 8.21. The first-order valence-corrected chi connectivity index (χ1v) is 8.45. The second kappa shape index (κ2) is 9.88. The highest BCUT2D eigenvalue weighted by Crippen LogP contribution is 2.05. The molecule has 3 amide bonds. The van der Waals surface area contributed by atoms with E-state index in [1.807, 2.05) is 17.0 Å². The van der Waals surface area contributed by atoms with Gasteiger partial charge in [-0.2, -0.15) is 0 Å². The van der Waals surface area contributed by atoms with Crippen molar-refractivity contribution in [3.63, 3.8) is 0 Å². The van der Waals surface area contributed by atoms with Crippen LogP contribution in [0.2, 0.25) is 0 Å². The molecule has 4 N–H and O–H groups in total. The van der Waals surface area contributed by atoms with Crippen molar-refractivity contribution in [3.05, 3.63) is 35.4 Å². The maximum absolute atomic E-state index is 11.8. The molecule has 1 aromatic rings. The van der Waals surface area contributed by atoms with Crippen LogP contribution < -0.4 is 16.4 Å². The topological polar surface area (TPSA) is 96.7 Å². The van der Waals surface area contributed by atoms with Crippen LogP contribution in [0.3, 0.4) is 0 Å². The third-order valence-corrected chi connectivity index (χ3v) is 3.34. The molecule has 0 saturated carbocycles. The second-order valence-electron chi connectivity index (χ2n) is 6.92. The van der Waals surface area contributed by atoms with Gasteiger partial charge in [0.25, 0.3) is 0 Å². The van der Waals surface area contributed by atoms with E-state index < -0.39 is 11.7 Å². The number of nitrogens with one attached hydrogen (secondary N) is 2. The van der Waals surface area contributed by atoms with Gasteiger partial charge in [-0.15, -0.1) is 0 Å². The molecule has 0 unspecified atom stereocenters. The highest BCUT2D eigenvalue weighted by atomic mass is 16.6. The van der Waals surface area contributed by atoms with Crippen molar-refractivity contribution in [2.24, 2.45) is 5.73 Å². The molecule has 0 spiro atoms. The van der Waals surface area contributed by atoms with Crippen molar-refractivity contribution in [2.45, 2.75) is 39.8 Å². The number of ether oxygens (including phenoxy) is 1. The Morgan fingerprint density at radius 1 is 1.28 bits per heavy atom. The van der Waals surface area contributed by atoms with Gasteiger partial charge in [-0.25, -0.2) is 9.59 Å². The molecule has 0 atom stereocenters. The summed E-state index contributed by atoms with van der Waals surface area (Å²) in [6, 6.07) is 8.24. The van der Waals surface area contributed by atoms with Crippen molar-refractivity contribution in [1.29, 1.82) is 0 Å². The molecule has 1 aliphatic rings. The van der Waals surface area contributed by atoms with Crippen LogP contribution in [0.15, 0.2) is 24.3 Å². The average Bonchev–Trinajstić information content (AvgIpc) is 2.52. The third kappa shape index (κ3) is 9.56. The summed E-state index contributed by atoms with van der Waals surface area (Å²) in [6.07, 6.45) is -0.725. The fraction of sp³-hybridized carbons (Fsp3) is 0.556. The number of aryl methyl sites for hydroxylation is 1. The van der Waals surface area contributed by atoms with Crippen LogP contribution in [0.25, 0.3) is 0 Å². The fourth-order valence-corrected chi connectivity index (χ4v) is 2.28. The van der Waals surface area contributed by atoms with Crippen LogP contribution >= 0.6 is 0 Å². The lowest BCUT2D eigenvalue weighted by atomic mass is 10.1. The van der Waals surface area contributed by atoms with E-state index in [0.29, 0.717) is 6.54 Å². The molecule has 140 valence electrons. The van der Waals surface area contributed by atoms with Crippen LogP contribution in [0.4, 0.5) is 9.59 Å². The molecule has 1 saturated heterocycles. The summed E-state index contributed by atoms with van der Waals surface area (Å²) >= 11 is 0. The van der Waals surface area contributed by atoms with Crippen LogP contribution in [0.1, 0.15) is 31.9 Å². The summed E-state index contributed by atoms with van der Waals surface area (Å²) in [7, 11) is 0. The van der Waals surface area contributed by atoms with Crippen LogP contribution in [-0.2, 0) is 11.3 Å². The zero-order valence-electron chi connectivity index (χ0n) is 15.6. The number of rotatable bonds is 2. The van der Waals surface area contributed by atoms with Crippen LogP contribution in [0, 0.1) is 6.92 Å². The Balaban J connectivity index is 0.000000333. The Morgan fingerprint density at radius 2 is 1.92 bits per heavy atom. The molecular weight excluding hydrogens is 320 g/mol. The number of carbonyl (C=O) groups excluding carboxylic acids is 2. The number of carbonyl (C=O) groups is 2. The van der Waals surface area contributed by atoms with Gasteiger partial charge in [-0.1, -0.05) is 29.8 Å². The zero-order valence-corrected chi connectivity index (χ0v) is 15.6. The maximum Gasteiger partial charge on any atom is 0.405 e. The van der Waals surface area contributed by atoms with E-state index in [-0.39, 0.29) is 6.03 Å². The van der Waals surface area contributed by atoms with Gasteiger partial charge in [-0.05, 0) is 33.3 Å². The number of nitrogens with two attached hydrogens (primary N) is 1. The minimum atomic E-state index is -0.725. The highest BCUT2D eigenvalue weighted by molar-refractivity contribution is 5.74. The maximum atomic E-state index is 11.8. The smallest absolute Gasteiger partial charge is 0.405 e. The van der Waals surface area contributed by atoms with E-state index in [4.69, 9.17) is 5.73 Å². The van der Waals surface area contributed by atoms with Crippen LogP contribution in [-0.4, -0.2) is 48.8 Å². The number of amides is 3. The van der Waals surface area contributed by atoms with Gasteiger partial charge in [0, 0.05) is 32.7 Å². The molecule has 7 nitrogen and oxygen atoms in total. The van der Waals surface area contributed by atoms with E-state index >= 15 is 0 Å². The van der Waals surface area contributed by atoms with Crippen LogP contribution in [0.5, 0.6) is 0 Å². The van der Waals surface area contributed by atoms with Gasteiger partial charge in [0.2, 0.25) is 0 Å². The molecule has 0 aromatic heterocycles. The van der Waals surface area contributed by atoms with E-state index in [1.54, 1.807) is 20.8 Å². The lowest BCUT2D eigenvalue weighted by molar-refractivity contribution is 0.0600. The van der Waals surface area contributed by atoms with Crippen molar-refractivity contribution < 1.29 is 14.3 Å². The molecule has 1 aromatic carbocycles. The fourth-order valence-electron chi connectivity index (χ4n) is 2.28. The summed E-state index contributed by atoms with van der Waals surface area (Å²) in [4.78, 5) is 23.7. The summed E-state index contributed by atoms with van der Waals surface area (Å²) in [5, 5.41) is 6.18. The Labute approximate surface area is 149 Å². The third-order valence-electron chi connectivity index (χ3n) is 3.34. The first-order chi connectivity index (χ1) is 11.7. The average molecular weight is 350 g/mol. The molecule has 0 bridgehead atoms. The molecule has 0 aliphatic carbocycles. The van der Waals surface area contributed by atoms with Gasteiger partial charge < -0.3 is 26.0 Å². The Hall–Kier alpha value is -2.28. The van der Waals surface area contributed by atoms with Crippen molar-refractivity contribution >= 4 is 12.1 Å². The van der Waals surface area contributed by atoms with Crippen molar-refractivity contribution in [2.75, 3.05) is 26.2 Å². The van der Waals surface area contributed by atoms with Gasteiger partial charge in [0.05, 0.1) is 0 Å². The Morgan fingerprint density at radius 3 is 2.40 bits per heavy atom. The lowest BCUT2D eigenvalue weighted by Gasteiger charge is -2.27. The monoisotopic (exact) mass is 350 g/mol. The predicted octanol–water partition coefficient (Wildman–Crippen LogP) is 1.99. The van der Waals surface area contributed by atoms with E-state index in [1.165, 1.54) is 5.56 Å². The number of nitrogens with zero attached hydrogens (tertiary/aromatic N) is 1. The molecule has 25 heavy (non-hydrogen) atoms. The highest BCUT2D eigenvalue weighted by Gasteiger charge is 2.15. The number of hydrogen-bond acceptors (Lipinski definition) is 4. The largest absolute Gasteiger partial charge is 0.444 e. The SMILES string of the molecule is CC(C)(C)OC(N)=O.Cc1cccc(CNC(=O)N2CCNCC2)c1. The normalized spacial score (nSPS) is 14.2. The summed E-state index contributed by atoms with van der Waals surface area (Å²) in [5.74, 6) is 0. The lowest BCUT2D eigenvalue weighted by Crippen LogP contribution is -2.50. The molecular formula is C18H30N4O3. The molecule has 0 radical (unpaired) electrons. The zero-order chi connectivity index (χ0) is 18.9. The number of primary amides is 1. The molecule has 1 aliphatic heterocycles. The summed E-state index contributed by atoms with van der Waals surface area (Å²) in [6.45, 7) is 11.3. The predicted molar refractivity (Wildman–Crippen MR) is 98.3 cm³/mol. The van der Waals surface area contributed by atoms with Gasteiger partial charge in [0.15, 0.2) is 0 Å². The minimum absolute atomic E-state index is 0.0352.